The molecule has 1 amide bonds. The summed E-state index contributed by atoms with van der Waals surface area (Å²) in [4.78, 5) is 16.2. The largest absolute Gasteiger partial charge is 0.409 e. The molecule has 0 radical (unpaired) electrons. The van der Waals surface area contributed by atoms with Crippen LogP contribution in [0.4, 0.5) is 0 Å². The van der Waals surface area contributed by atoms with Crippen LogP contribution >= 0.6 is 0 Å². The van der Waals surface area contributed by atoms with Crippen molar-refractivity contribution < 1.29 is 10.0 Å². The van der Waals surface area contributed by atoms with E-state index in [1.54, 1.807) is 26.0 Å². The molecule has 0 saturated carbocycles. The molecule has 1 heterocycles. The molecule has 18 heavy (non-hydrogen) atoms. The summed E-state index contributed by atoms with van der Waals surface area (Å²) >= 11 is 0. The van der Waals surface area contributed by atoms with E-state index in [0.717, 1.165) is 5.69 Å². The highest BCUT2D eigenvalue weighted by Gasteiger charge is 2.13. The zero-order chi connectivity index (χ0) is 13.7. The fourth-order valence-corrected chi connectivity index (χ4v) is 1.63. The number of hydrogen-bond donors (Lipinski definition) is 3. The van der Waals surface area contributed by atoms with Gasteiger partial charge in [-0.05, 0) is 32.9 Å². The number of aryl methyl sites for hydroxylation is 2. The van der Waals surface area contributed by atoms with E-state index in [1.165, 1.54) is 0 Å². The minimum Gasteiger partial charge on any atom is -0.409 e. The number of aromatic nitrogens is 1. The number of pyridine rings is 1. The van der Waals surface area contributed by atoms with E-state index < -0.39 is 0 Å². The Bertz CT molecular complexity index is 471. The predicted molar refractivity (Wildman–Crippen MR) is 68.7 cm³/mol. The van der Waals surface area contributed by atoms with E-state index in [-0.39, 0.29) is 17.8 Å². The lowest BCUT2D eigenvalue weighted by atomic mass is 10.1. The lowest BCUT2D eigenvalue weighted by molar-refractivity contribution is 0.0940. The lowest BCUT2D eigenvalue weighted by Gasteiger charge is -2.14. The van der Waals surface area contributed by atoms with E-state index >= 15 is 0 Å². The van der Waals surface area contributed by atoms with Gasteiger partial charge >= 0.3 is 0 Å². The van der Waals surface area contributed by atoms with Crippen molar-refractivity contribution in [1.29, 1.82) is 0 Å². The van der Waals surface area contributed by atoms with Crippen LogP contribution in [0.15, 0.2) is 17.3 Å². The first-order valence-electron chi connectivity index (χ1n) is 5.65. The highest BCUT2D eigenvalue weighted by atomic mass is 16.4. The molecule has 6 nitrogen and oxygen atoms in total. The molecule has 0 saturated heterocycles. The van der Waals surface area contributed by atoms with Gasteiger partial charge in [-0.15, -0.1) is 0 Å². The molecule has 0 aliphatic carbocycles. The van der Waals surface area contributed by atoms with Crippen LogP contribution in [-0.4, -0.2) is 28.0 Å². The standard InChI is InChI=1S/C12H18N4O2/c1-7-4-5-10(9(3)14-7)12(17)15-8(2)6-11(13)16-18/h4-5,8,18H,6H2,1-3H3,(H2,13,16)(H,15,17). The third-order valence-corrected chi connectivity index (χ3v) is 2.49. The van der Waals surface area contributed by atoms with Gasteiger partial charge < -0.3 is 16.3 Å². The summed E-state index contributed by atoms with van der Waals surface area (Å²) in [5, 5.41) is 14.1. The van der Waals surface area contributed by atoms with Crippen molar-refractivity contribution in [2.75, 3.05) is 0 Å². The van der Waals surface area contributed by atoms with Gasteiger partial charge in [0.05, 0.1) is 11.3 Å². The Labute approximate surface area is 106 Å². The molecular weight excluding hydrogens is 232 g/mol. The van der Waals surface area contributed by atoms with Gasteiger partial charge in [0.25, 0.3) is 5.91 Å². The number of oxime groups is 1. The fourth-order valence-electron chi connectivity index (χ4n) is 1.63. The van der Waals surface area contributed by atoms with Gasteiger partial charge in [-0.2, -0.15) is 0 Å². The molecule has 0 spiro atoms. The number of carbonyl (C=O) groups excluding carboxylic acids is 1. The number of rotatable bonds is 4. The second kappa shape index (κ2) is 6.00. The summed E-state index contributed by atoms with van der Waals surface area (Å²) in [6.45, 7) is 5.44. The topological polar surface area (TPSA) is 101 Å². The fraction of sp³-hybridized carbons (Fsp3) is 0.417. The van der Waals surface area contributed by atoms with Crippen LogP contribution in [0.1, 0.15) is 35.1 Å². The third-order valence-electron chi connectivity index (χ3n) is 2.49. The van der Waals surface area contributed by atoms with Crippen LogP contribution < -0.4 is 11.1 Å². The summed E-state index contributed by atoms with van der Waals surface area (Å²) in [5.74, 6) is -0.125. The summed E-state index contributed by atoms with van der Waals surface area (Å²) in [7, 11) is 0. The molecule has 98 valence electrons. The molecule has 4 N–H and O–H groups in total. The van der Waals surface area contributed by atoms with E-state index in [1.807, 2.05) is 6.92 Å². The summed E-state index contributed by atoms with van der Waals surface area (Å²) < 4.78 is 0. The van der Waals surface area contributed by atoms with Gasteiger partial charge in [0.15, 0.2) is 0 Å². The number of amidine groups is 1. The van der Waals surface area contributed by atoms with Crippen molar-refractivity contribution in [2.45, 2.75) is 33.2 Å². The molecule has 0 aliphatic heterocycles. The average Bonchev–Trinajstić information content (AvgIpc) is 2.28. The first kappa shape index (κ1) is 14.0. The maximum Gasteiger partial charge on any atom is 0.253 e. The number of amides is 1. The molecule has 0 aromatic carbocycles. The smallest absolute Gasteiger partial charge is 0.253 e. The van der Waals surface area contributed by atoms with Gasteiger partial charge in [0, 0.05) is 18.2 Å². The normalized spacial score (nSPS) is 13.2. The Balaban J connectivity index is 2.71. The molecule has 6 heteroatoms. The first-order chi connectivity index (χ1) is 8.43. The van der Waals surface area contributed by atoms with Crippen LogP contribution in [0.3, 0.4) is 0 Å². The van der Waals surface area contributed by atoms with E-state index in [4.69, 9.17) is 10.9 Å². The van der Waals surface area contributed by atoms with Crippen LogP contribution in [0, 0.1) is 13.8 Å². The van der Waals surface area contributed by atoms with E-state index in [9.17, 15) is 4.79 Å². The number of nitrogens with one attached hydrogen (secondary N) is 1. The Morgan fingerprint density at radius 1 is 1.56 bits per heavy atom. The lowest BCUT2D eigenvalue weighted by Crippen LogP contribution is -2.36. The first-order valence-corrected chi connectivity index (χ1v) is 5.65. The maximum absolute atomic E-state index is 12.0. The highest BCUT2D eigenvalue weighted by Crippen LogP contribution is 2.07. The zero-order valence-corrected chi connectivity index (χ0v) is 10.8. The summed E-state index contributed by atoms with van der Waals surface area (Å²) in [5.41, 5.74) is 7.46. The monoisotopic (exact) mass is 250 g/mol. The minimum atomic E-state index is -0.214. The van der Waals surface area contributed by atoms with Crippen LogP contribution in [0.5, 0.6) is 0 Å². The molecular formula is C12H18N4O2. The predicted octanol–water partition coefficient (Wildman–Crippen LogP) is 0.953. The molecule has 1 aromatic heterocycles. The van der Waals surface area contributed by atoms with Crippen LogP contribution in [0.2, 0.25) is 0 Å². The summed E-state index contributed by atoms with van der Waals surface area (Å²) in [6, 6.07) is 3.31. The van der Waals surface area contributed by atoms with Gasteiger partial charge in [-0.3, -0.25) is 9.78 Å². The molecule has 1 unspecified atom stereocenters. The Morgan fingerprint density at radius 3 is 2.78 bits per heavy atom. The van der Waals surface area contributed by atoms with Crippen molar-refractivity contribution in [1.82, 2.24) is 10.3 Å². The highest BCUT2D eigenvalue weighted by molar-refractivity contribution is 5.95. The van der Waals surface area contributed by atoms with Crippen molar-refractivity contribution in [2.24, 2.45) is 10.9 Å². The van der Waals surface area contributed by atoms with Gasteiger partial charge in [0.1, 0.15) is 5.84 Å². The Hall–Kier alpha value is -2.11. The Kier molecular flexibility index (Phi) is 4.65. The molecule has 0 aliphatic rings. The van der Waals surface area contributed by atoms with Gasteiger partial charge in [-0.25, -0.2) is 0 Å². The zero-order valence-electron chi connectivity index (χ0n) is 10.8. The molecule has 0 bridgehead atoms. The molecule has 0 fully saturated rings. The van der Waals surface area contributed by atoms with Crippen LogP contribution in [0.25, 0.3) is 0 Å². The number of nitrogens with two attached hydrogens (primary N) is 1. The molecule has 1 rings (SSSR count). The number of hydrogen-bond acceptors (Lipinski definition) is 4. The number of carbonyl (C=O) groups is 1. The average molecular weight is 250 g/mol. The van der Waals surface area contributed by atoms with Gasteiger partial charge in [-0.1, -0.05) is 5.16 Å². The van der Waals surface area contributed by atoms with Crippen molar-refractivity contribution in [3.8, 4) is 0 Å². The van der Waals surface area contributed by atoms with Crippen molar-refractivity contribution in [3.63, 3.8) is 0 Å². The van der Waals surface area contributed by atoms with E-state index in [2.05, 4.69) is 15.5 Å². The summed E-state index contributed by atoms with van der Waals surface area (Å²) in [6.07, 6.45) is 0.292. The second-order valence-corrected chi connectivity index (χ2v) is 4.26. The van der Waals surface area contributed by atoms with Crippen molar-refractivity contribution in [3.05, 3.63) is 29.1 Å². The minimum absolute atomic E-state index is 0.0848. The second-order valence-electron chi connectivity index (χ2n) is 4.26. The van der Waals surface area contributed by atoms with Gasteiger partial charge in [0.2, 0.25) is 0 Å². The van der Waals surface area contributed by atoms with E-state index in [0.29, 0.717) is 17.7 Å². The van der Waals surface area contributed by atoms with Crippen molar-refractivity contribution >= 4 is 11.7 Å². The third kappa shape index (κ3) is 3.73. The number of nitrogens with zero attached hydrogens (tertiary/aromatic N) is 2. The Morgan fingerprint density at radius 2 is 2.22 bits per heavy atom. The molecule has 1 atom stereocenters. The quantitative estimate of drug-likeness (QED) is 0.320. The molecule has 1 aromatic rings. The maximum atomic E-state index is 12.0. The van der Waals surface area contributed by atoms with Crippen LogP contribution in [-0.2, 0) is 0 Å². The SMILES string of the molecule is Cc1ccc(C(=O)NC(C)CC(N)=NO)c(C)n1.